The first-order valence-electron chi connectivity index (χ1n) is 21.1. The summed E-state index contributed by atoms with van der Waals surface area (Å²) < 4.78 is 6.54. The highest BCUT2D eigenvalue weighted by molar-refractivity contribution is 6.10. The molecule has 3 nitrogen and oxygen atoms in total. The van der Waals surface area contributed by atoms with E-state index >= 15 is 0 Å². The van der Waals surface area contributed by atoms with Crippen LogP contribution in [0.15, 0.2) is 235 Å². The van der Waals surface area contributed by atoms with Gasteiger partial charge in [-0.25, -0.2) is 9.97 Å². The van der Waals surface area contributed by atoms with E-state index in [4.69, 9.17) is 14.4 Å². The Balaban J connectivity index is 1.01. The van der Waals surface area contributed by atoms with E-state index < -0.39 is 5.41 Å². The van der Waals surface area contributed by atoms with Crippen LogP contribution in [0.2, 0.25) is 0 Å². The first-order valence-corrected chi connectivity index (χ1v) is 21.1. The number of aromatic nitrogens is 2. The number of furan rings is 1. The lowest BCUT2D eigenvalue weighted by Gasteiger charge is -2.33. The van der Waals surface area contributed by atoms with Crippen LogP contribution in [-0.2, 0) is 5.41 Å². The summed E-state index contributed by atoms with van der Waals surface area (Å²) in [7, 11) is 0. The maximum atomic E-state index is 6.54. The summed E-state index contributed by atoms with van der Waals surface area (Å²) in [5, 5.41) is 2.20. The zero-order valence-electron chi connectivity index (χ0n) is 33.7. The summed E-state index contributed by atoms with van der Waals surface area (Å²) in [6, 6.07) is 82.2. The Kier molecular flexibility index (Phi) is 8.39. The molecule has 0 amide bonds. The summed E-state index contributed by atoms with van der Waals surface area (Å²) in [6.45, 7) is 0. The molecule has 0 saturated carbocycles. The van der Waals surface area contributed by atoms with Gasteiger partial charge in [0.15, 0.2) is 5.82 Å². The van der Waals surface area contributed by atoms with Gasteiger partial charge in [-0.15, -0.1) is 0 Å². The SMILES string of the molecule is c1ccc(-c2nc(-c3cccc(-c4ccc5c(c4)-c4ccccc4C5(c4ccccc4)c4ccccc4)c3)cc(-c3ccccc3-c3cccc4c3oc3ccccc34)n2)cc1. The molecule has 0 fully saturated rings. The molecule has 12 rings (SSSR count). The van der Waals surface area contributed by atoms with Crippen LogP contribution in [0, 0.1) is 0 Å². The molecule has 62 heavy (non-hydrogen) atoms. The second-order valence-corrected chi connectivity index (χ2v) is 16.0. The van der Waals surface area contributed by atoms with Crippen LogP contribution in [-0.4, -0.2) is 9.97 Å². The Morgan fingerprint density at radius 2 is 0.871 bits per heavy atom. The first kappa shape index (κ1) is 35.8. The zero-order valence-corrected chi connectivity index (χ0v) is 33.7. The predicted molar refractivity (Wildman–Crippen MR) is 254 cm³/mol. The number of hydrogen-bond donors (Lipinski definition) is 0. The van der Waals surface area contributed by atoms with Crippen molar-refractivity contribution in [2.45, 2.75) is 5.41 Å². The van der Waals surface area contributed by atoms with E-state index in [1.807, 2.05) is 30.3 Å². The predicted octanol–water partition coefficient (Wildman–Crippen LogP) is 15.1. The van der Waals surface area contributed by atoms with Crippen molar-refractivity contribution < 1.29 is 4.42 Å². The average molecular weight is 791 g/mol. The van der Waals surface area contributed by atoms with Crippen molar-refractivity contribution in [3.63, 3.8) is 0 Å². The monoisotopic (exact) mass is 790 g/mol. The number of benzene rings is 9. The largest absolute Gasteiger partial charge is 0.455 e. The van der Waals surface area contributed by atoms with E-state index in [1.165, 1.54) is 33.4 Å². The van der Waals surface area contributed by atoms with E-state index in [-0.39, 0.29) is 0 Å². The highest BCUT2D eigenvalue weighted by atomic mass is 16.3. The first-order chi connectivity index (χ1) is 30.7. The Hall–Kier alpha value is -8.14. The number of para-hydroxylation sites is 2. The van der Waals surface area contributed by atoms with Crippen molar-refractivity contribution in [1.29, 1.82) is 0 Å². The van der Waals surface area contributed by atoms with Crippen LogP contribution in [0.4, 0.5) is 0 Å². The minimum Gasteiger partial charge on any atom is -0.455 e. The van der Waals surface area contributed by atoms with Gasteiger partial charge in [0.25, 0.3) is 0 Å². The van der Waals surface area contributed by atoms with Gasteiger partial charge >= 0.3 is 0 Å². The molecule has 1 aliphatic rings. The van der Waals surface area contributed by atoms with Crippen molar-refractivity contribution in [1.82, 2.24) is 9.97 Å². The molecule has 3 heteroatoms. The average Bonchev–Trinajstić information content (AvgIpc) is 3.89. The van der Waals surface area contributed by atoms with E-state index in [0.29, 0.717) is 5.82 Å². The maximum absolute atomic E-state index is 6.54. The molecule has 0 bridgehead atoms. The fourth-order valence-electron chi connectivity index (χ4n) is 9.84. The molecule has 0 spiro atoms. The van der Waals surface area contributed by atoms with E-state index in [9.17, 15) is 0 Å². The van der Waals surface area contributed by atoms with Crippen LogP contribution < -0.4 is 0 Å². The van der Waals surface area contributed by atoms with Gasteiger partial charge in [0.05, 0.1) is 16.8 Å². The lowest BCUT2D eigenvalue weighted by atomic mass is 9.67. The molecule has 0 atom stereocenters. The summed E-state index contributed by atoms with van der Waals surface area (Å²) >= 11 is 0. The van der Waals surface area contributed by atoms with Crippen molar-refractivity contribution in [2.75, 3.05) is 0 Å². The quantitative estimate of drug-likeness (QED) is 0.161. The molecule has 0 saturated heterocycles. The fraction of sp³-hybridized carbons (Fsp3) is 0.0169. The molecule has 0 N–H and O–H groups in total. The van der Waals surface area contributed by atoms with Gasteiger partial charge in [-0.1, -0.05) is 206 Å². The second-order valence-electron chi connectivity index (χ2n) is 16.0. The van der Waals surface area contributed by atoms with Crippen LogP contribution in [0.3, 0.4) is 0 Å². The lowest BCUT2D eigenvalue weighted by Crippen LogP contribution is -2.28. The fourth-order valence-corrected chi connectivity index (χ4v) is 9.84. The van der Waals surface area contributed by atoms with Crippen molar-refractivity contribution in [2.24, 2.45) is 0 Å². The maximum Gasteiger partial charge on any atom is 0.160 e. The van der Waals surface area contributed by atoms with E-state index in [2.05, 4.69) is 200 Å². The van der Waals surface area contributed by atoms with Gasteiger partial charge in [0, 0.05) is 33.0 Å². The third-order valence-corrected chi connectivity index (χ3v) is 12.6. The second kappa shape index (κ2) is 14.5. The molecule has 11 aromatic rings. The Morgan fingerprint density at radius 3 is 1.66 bits per heavy atom. The summed E-state index contributed by atoms with van der Waals surface area (Å²) in [6.07, 6.45) is 0. The van der Waals surface area contributed by atoms with Gasteiger partial charge in [-0.2, -0.15) is 0 Å². The topological polar surface area (TPSA) is 38.9 Å². The number of nitrogens with zero attached hydrogens (tertiary/aromatic N) is 2. The minimum absolute atomic E-state index is 0.438. The van der Waals surface area contributed by atoms with Crippen LogP contribution in [0.25, 0.3) is 89.2 Å². The molecule has 9 aromatic carbocycles. The Bertz CT molecular complexity index is 3420. The van der Waals surface area contributed by atoms with Crippen LogP contribution >= 0.6 is 0 Å². The van der Waals surface area contributed by atoms with Gasteiger partial charge in [-0.3, -0.25) is 0 Å². The Labute approximate surface area is 360 Å². The highest BCUT2D eigenvalue weighted by Gasteiger charge is 2.46. The molecular formula is C59H38N2O. The molecular weight excluding hydrogens is 753 g/mol. The van der Waals surface area contributed by atoms with Gasteiger partial charge in [0.2, 0.25) is 0 Å². The van der Waals surface area contributed by atoms with E-state index in [0.717, 1.165) is 72.3 Å². The number of hydrogen-bond acceptors (Lipinski definition) is 3. The van der Waals surface area contributed by atoms with E-state index in [1.54, 1.807) is 0 Å². The van der Waals surface area contributed by atoms with Gasteiger partial charge in [0.1, 0.15) is 11.2 Å². The molecule has 2 heterocycles. The molecule has 1 aliphatic carbocycles. The van der Waals surface area contributed by atoms with Crippen LogP contribution in [0.1, 0.15) is 22.3 Å². The minimum atomic E-state index is -0.438. The number of rotatable bonds is 7. The molecule has 290 valence electrons. The van der Waals surface area contributed by atoms with Crippen molar-refractivity contribution >= 4 is 21.9 Å². The third-order valence-electron chi connectivity index (χ3n) is 12.6. The normalized spacial score (nSPS) is 12.6. The molecule has 2 aromatic heterocycles. The molecule has 0 unspecified atom stereocenters. The van der Waals surface area contributed by atoms with Crippen molar-refractivity contribution in [3.05, 3.63) is 253 Å². The highest BCUT2D eigenvalue weighted by Crippen LogP contribution is 2.56. The third kappa shape index (κ3) is 5.67. The summed E-state index contributed by atoms with van der Waals surface area (Å²) in [5.74, 6) is 0.674. The smallest absolute Gasteiger partial charge is 0.160 e. The van der Waals surface area contributed by atoms with Gasteiger partial charge < -0.3 is 4.42 Å². The lowest BCUT2D eigenvalue weighted by molar-refractivity contribution is 0.670. The Morgan fingerprint density at radius 1 is 0.323 bits per heavy atom. The standard InChI is InChI=1S/C59H38N2O/c1-4-18-39(19-5-1)58-60-54(38-55(61-58)47-28-11-10-26-45(47)49-30-17-31-50-48-29-13-15-33-56(48)62-57(49)50)42-21-16-20-40(36-42)41-34-35-53-51(37-41)46-27-12-14-32-52(46)59(53,43-22-6-2-7-23-43)44-24-8-3-9-25-44/h1-38H. The van der Waals surface area contributed by atoms with Crippen LogP contribution in [0.5, 0.6) is 0 Å². The number of fused-ring (bicyclic) bond motifs is 6. The van der Waals surface area contributed by atoms with Crippen molar-refractivity contribution in [3.8, 4) is 67.3 Å². The summed E-state index contributed by atoms with van der Waals surface area (Å²) in [5.41, 5.74) is 18.0. The molecule has 0 aliphatic heterocycles. The molecule has 0 radical (unpaired) electrons. The zero-order chi connectivity index (χ0) is 41.0. The van der Waals surface area contributed by atoms with Gasteiger partial charge in [-0.05, 0) is 74.3 Å². The summed E-state index contributed by atoms with van der Waals surface area (Å²) in [4.78, 5) is 10.5.